The van der Waals surface area contributed by atoms with E-state index in [4.69, 9.17) is 0 Å². The normalized spacial score (nSPS) is 12.4. The van der Waals surface area contributed by atoms with Crippen molar-refractivity contribution < 1.29 is 33.5 Å². The lowest BCUT2D eigenvalue weighted by Crippen LogP contribution is -2.31. The zero-order chi connectivity index (χ0) is 23.8. The first-order chi connectivity index (χ1) is 15.2. The van der Waals surface area contributed by atoms with Gasteiger partial charge >= 0.3 is 0 Å². The molecule has 0 atom stereocenters. The molecule has 9 heteroatoms. The minimum Gasteiger partial charge on any atom is -0.300 e. The van der Waals surface area contributed by atoms with Crippen LogP contribution in [0.4, 0.5) is 4.70 Å². The van der Waals surface area contributed by atoms with Crippen LogP contribution >= 0.6 is 0 Å². The Morgan fingerprint density at radius 1 is 0.824 bits per heavy atom. The molecule has 0 spiro atoms. The average Bonchev–Trinajstić information content (AvgIpc) is 3.20. The molecule has 34 heavy (non-hydrogen) atoms. The van der Waals surface area contributed by atoms with Gasteiger partial charge in [0.25, 0.3) is 23.6 Å². The number of ketones is 2. The molecule has 2 aliphatic heterocycles. The summed E-state index contributed by atoms with van der Waals surface area (Å²) in [6.45, 7) is 6.29. The molecule has 0 saturated heterocycles. The molecule has 0 aliphatic carbocycles. The molecular weight excluding hydrogens is 443 g/mol. The van der Waals surface area contributed by atoms with Crippen LogP contribution in [0, 0.1) is 0 Å². The summed E-state index contributed by atoms with van der Waals surface area (Å²) < 4.78 is 0. The van der Waals surface area contributed by atoms with Crippen molar-refractivity contribution in [1.29, 1.82) is 0 Å². The summed E-state index contributed by atoms with van der Waals surface area (Å²) in [5.74, 6) is -1.22. The Morgan fingerprint density at radius 2 is 1.18 bits per heavy atom. The van der Waals surface area contributed by atoms with Gasteiger partial charge in [-0.1, -0.05) is 38.3 Å². The first-order valence-corrected chi connectivity index (χ1v) is 9.69. The first-order valence-electron chi connectivity index (χ1n) is 9.69. The number of benzene rings is 2. The molecular formula is C25H27FN2O6. The predicted octanol–water partition coefficient (Wildman–Crippen LogP) is 3.38. The maximum atomic E-state index is 11.8. The van der Waals surface area contributed by atoms with Crippen molar-refractivity contribution in [3.63, 3.8) is 0 Å². The third-order valence-corrected chi connectivity index (χ3v) is 4.50. The smallest absolute Gasteiger partial charge is 0.261 e. The van der Waals surface area contributed by atoms with Gasteiger partial charge in [0.05, 0.1) is 22.3 Å². The fourth-order valence-corrected chi connectivity index (χ4v) is 2.83. The lowest BCUT2D eigenvalue weighted by molar-refractivity contribution is -0.117. The Kier molecular flexibility index (Phi) is 11.6. The summed E-state index contributed by atoms with van der Waals surface area (Å²) in [4.78, 5) is 67.2. The minimum atomic E-state index is -0.304. The molecule has 0 fully saturated rings. The Morgan fingerprint density at radius 3 is 1.50 bits per heavy atom. The molecule has 8 nitrogen and oxygen atoms in total. The molecule has 2 aromatic carbocycles. The molecule has 0 unspecified atom stereocenters. The summed E-state index contributed by atoms with van der Waals surface area (Å²) in [7, 11) is 0. The van der Waals surface area contributed by atoms with Crippen molar-refractivity contribution in [2.24, 2.45) is 0 Å². The van der Waals surface area contributed by atoms with Crippen molar-refractivity contribution in [3.8, 4) is 0 Å². The standard InChI is InChI=1S/C12H11NO3.C8H5NO2.C4H6O.CH4.FH/c1-8(14)6-7-13-11(15)9-4-2-3-5-10(9)12(13)16;10-7-5-3-1-2-4-6(5)8(11)9-7;1-3-4(2)5;;/h2-5H,6-7H2,1H3;1-4H,(H,9,10,11);3H,1H2,2H3;1H4;1H. The molecule has 180 valence electrons. The number of Topliss-reactive ketones (excluding diaryl/α,β-unsaturated/α-hetero) is 1. The fraction of sp³-hybridized carbons (Fsp3) is 0.200. The van der Waals surface area contributed by atoms with E-state index in [0.29, 0.717) is 22.3 Å². The van der Waals surface area contributed by atoms with Gasteiger partial charge in [-0.05, 0) is 44.2 Å². The summed E-state index contributed by atoms with van der Waals surface area (Å²) in [6, 6.07) is 13.4. The van der Waals surface area contributed by atoms with E-state index >= 15 is 0 Å². The minimum absolute atomic E-state index is 0. The van der Waals surface area contributed by atoms with E-state index < -0.39 is 0 Å². The molecule has 4 rings (SSSR count). The van der Waals surface area contributed by atoms with Crippen LogP contribution in [0.25, 0.3) is 0 Å². The Labute approximate surface area is 197 Å². The summed E-state index contributed by atoms with van der Waals surface area (Å²) in [5.41, 5.74) is 1.79. The van der Waals surface area contributed by atoms with E-state index in [9.17, 15) is 28.8 Å². The molecule has 1 N–H and O–H groups in total. The zero-order valence-electron chi connectivity index (χ0n) is 18.1. The molecule has 2 aliphatic rings. The second-order valence-corrected chi connectivity index (χ2v) is 6.90. The number of fused-ring (bicyclic) bond motifs is 2. The second kappa shape index (κ2) is 13.3. The lowest BCUT2D eigenvalue weighted by Gasteiger charge is -2.11. The highest BCUT2D eigenvalue weighted by molar-refractivity contribution is 6.22. The quantitative estimate of drug-likeness (QED) is 0.541. The number of nitrogens with one attached hydrogen (secondary N) is 1. The molecule has 0 radical (unpaired) electrons. The Hall–Kier alpha value is -4.27. The maximum absolute atomic E-state index is 11.8. The highest BCUT2D eigenvalue weighted by Crippen LogP contribution is 2.22. The van der Waals surface area contributed by atoms with Gasteiger partial charge in [0.2, 0.25) is 0 Å². The van der Waals surface area contributed by atoms with Gasteiger partial charge in [-0.2, -0.15) is 0 Å². The SMILES string of the molecule is C.C=CC(C)=O.CC(=O)CCN1C(=O)c2ccccc2C1=O.F.O=C1NC(=O)c2ccccc21. The molecule has 0 aromatic heterocycles. The number of hydrogen-bond acceptors (Lipinski definition) is 6. The number of rotatable bonds is 4. The van der Waals surface area contributed by atoms with Gasteiger partial charge in [-0.25, -0.2) is 0 Å². The van der Waals surface area contributed by atoms with Crippen LogP contribution in [-0.2, 0) is 9.59 Å². The number of hydrogen-bond donors (Lipinski definition) is 1. The van der Waals surface area contributed by atoms with Crippen molar-refractivity contribution in [2.45, 2.75) is 27.7 Å². The molecule has 2 aromatic rings. The number of imide groups is 2. The number of allylic oxidation sites excluding steroid dienone is 1. The van der Waals surface area contributed by atoms with Gasteiger partial charge < -0.3 is 0 Å². The van der Waals surface area contributed by atoms with Gasteiger partial charge in [-0.15, -0.1) is 0 Å². The van der Waals surface area contributed by atoms with Crippen LogP contribution in [0.5, 0.6) is 0 Å². The average molecular weight is 470 g/mol. The van der Waals surface area contributed by atoms with E-state index in [2.05, 4.69) is 11.9 Å². The van der Waals surface area contributed by atoms with Crippen LogP contribution < -0.4 is 5.32 Å². The second-order valence-electron chi connectivity index (χ2n) is 6.90. The summed E-state index contributed by atoms with van der Waals surface area (Å²) in [6.07, 6.45) is 1.49. The number of amides is 4. The predicted molar refractivity (Wildman–Crippen MR) is 125 cm³/mol. The van der Waals surface area contributed by atoms with Crippen LogP contribution in [0.3, 0.4) is 0 Å². The molecule has 2 heterocycles. The largest absolute Gasteiger partial charge is 0.300 e. The zero-order valence-corrected chi connectivity index (χ0v) is 18.1. The van der Waals surface area contributed by atoms with E-state index in [-0.39, 0.29) is 60.3 Å². The Balaban J connectivity index is 0.000000529. The maximum Gasteiger partial charge on any atom is 0.261 e. The van der Waals surface area contributed by atoms with Crippen LogP contribution in [0.1, 0.15) is 69.1 Å². The molecule has 0 saturated carbocycles. The van der Waals surface area contributed by atoms with Crippen LogP contribution in [-0.4, -0.2) is 46.6 Å². The van der Waals surface area contributed by atoms with Crippen molar-refractivity contribution in [3.05, 3.63) is 83.4 Å². The highest BCUT2D eigenvalue weighted by atomic mass is 19.0. The fourth-order valence-electron chi connectivity index (χ4n) is 2.83. The summed E-state index contributed by atoms with van der Waals surface area (Å²) >= 11 is 0. The Bertz CT molecular complexity index is 1060. The first kappa shape index (κ1) is 29.7. The van der Waals surface area contributed by atoms with Gasteiger partial charge in [0, 0.05) is 13.0 Å². The van der Waals surface area contributed by atoms with Crippen molar-refractivity contribution in [1.82, 2.24) is 10.2 Å². The monoisotopic (exact) mass is 470 g/mol. The van der Waals surface area contributed by atoms with Crippen molar-refractivity contribution in [2.75, 3.05) is 6.54 Å². The van der Waals surface area contributed by atoms with Gasteiger partial charge in [-0.3, -0.25) is 43.7 Å². The molecule has 4 amide bonds. The molecule has 0 bridgehead atoms. The van der Waals surface area contributed by atoms with Gasteiger partial charge in [0.15, 0.2) is 5.78 Å². The van der Waals surface area contributed by atoms with Crippen molar-refractivity contribution >= 4 is 35.2 Å². The lowest BCUT2D eigenvalue weighted by atomic mass is 10.1. The van der Waals surface area contributed by atoms with E-state index in [1.165, 1.54) is 19.9 Å². The topological polar surface area (TPSA) is 118 Å². The van der Waals surface area contributed by atoms with E-state index in [1.54, 1.807) is 48.5 Å². The third-order valence-electron chi connectivity index (χ3n) is 4.50. The third kappa shape index (κ3) is 7.13. The van der Waals surface area contributed by atoms with E-state index in [0.717, 1.165) is 4.90 Å². The number of carbonyl (C=O) groups is 6. The van der Waals surface area contributed by atoms with Crippen LogP contribution in [0.2, 0.25) is 0 Å². The highest BCUT2D eigenvalue weighted by Gasteiger charge is 2.34. The number of nitrogens with zero attached hydrogens (tertiary/aromatic N) is 1. The number of halogens is 1. The van der Waals surface area contributed by atoms with Crippen LogP contribution in [0.15, 0.2) is 61.2 Å². The van der Waals surface area contributed by atoms with E-state index in [1.807, 2.05) is 0 Å². The summed E-state index contributed by atoms with van der Waals surface area (Å²) in [5, 5.41) is 2.20. The van der Waals surface area contributed by atoms with Gasteiger partial charge in [0.1, 0.15) is 5.78 Å². The number of carbonyl (C=O) groups excluding carboxylic acids is 6.